The smallest absolute Gasteiger partial charge is 0.263 e. The fraction of sp³-hybridized carbons (Fsp3) is 0.103. The molecule has 8 nitrogen and oxygen atoms in total. The molecule has 6 aromatic rings. The molecule has 6 rings (SSSR count). The van der Waals surface area contributed by atoms with Crippen molar-refractivity contribution in [1.29, 1.82) is 0 Å². The molecule has 0 radical (unpaired) electrons. The number of halogens is 1. The van der Waals surface area contributed by atoms with Crippen LogP contribution in [0.2, 0.25) is 0 Å². The predicted molar refractivity (Wildman–Crippen MR) is 145 cm³/mol. The van der Waals surface area contributed by atoms with E-state index in [0.717, 1.165) is 28.3 Å². The number of nitrogens with two attached hydrogens (primary N) is 1. The second-order valence-electron chi connectivity index (χ2n) is 9.23. The first-order valence-corrected chi connectivity index (χ1v) is 12.0. The Labute approximate surface area is 216 Å². The third kappa shape index (κ3) is 3.67. The van der Waals surface area contributed by atoms with Gasteiger partial charge in [0.1, 0.15) is 17.8 Å². The van der Waals surface area contributed by atoms with Gasteiger partial charge < -0.3 is 10.8 Å². The number of para-hydroxylation sites is 1. The molecule has 0 saturated carbocycles. The van der Waals surface area contributed by atoms with Gasteiger partial charge in [-0.25, -0.2) is 19.0 Å². The van der Waals surface area contributed by atoms with Crippen LogP contribution >= 0.6 is 0 Å². The topological polar surface area (TPSA) is 112 Å². The zero-order valence-corrected chi connectivity index (χ0v) is 20.7. The molecular weight excluding hydrogens is 483 g/mol. The lowest BCUT2D eigenvalue weighted by atomic mass is 10.1. The molecule has 3 aromatic carbocycles. The Morgan fingerprint density at radius 1 is 0.947 bits per heavy atom. The Kier molecular flexibility index (Phi) is 5.41. The second kappa shape index (κ2) is 8.81. The number of aromatic hydroxyl groups is 1. The van der Waals surface area contributed by atoms with Crippen molar-refractivity contribution in [2.75, 3.05) is 5.73 Å². The van der Waals surface area contributed by atoms with E-state index >= 15 is 0 Å². The lowest BCUT2D eigenvalue weighted by Crippen LogP contribution is -2.25. The van der Waals surface area contributed by atoms with Crippen LogP contribution in [0.1, 0.15) is 16.8 Å². The first-order chi connectivity index (χ1) is 18.3. The first-order valence-electron chi connectivity index (χ1n) is 12.0. The van der Waals surface area contributed by atoms with Gasteiger partial charge in [-0.15, -0.1) is 0 Å². The number of rotatable bonds is 4. The summed E-state index contributed by atoms with van der Waals surface area (Å²) in [6.45, 7) is 4.08. The highest BCUT2D eigenvalue weighted by Crippen LogP contribution is 2.33. The van der Waals surface area contributed by atoms with Crippen LogP contribution in [0, 0.1) is 19.7 Å². The van der Waals surface area contributed by atoms with Crippen LogP contribution in [0.15, 0.2) is 77.9 Å². The minimum atomic E-state index is -0.740. The van der Waals surface area contributed by atoms with Crippen LogP contribution in [-0.2, 0) is 6.54 Å². The van der Waals surface area contributed by atoms with Gasteiger partial charge in [0, 0.05) is 11.3 Å². The van der Waals surface area contributed by atoms with E-state index in [0.29, 0.717) is 33.4 Å². The lowest BCUT2D eigenvalue weighted by Gasteiger charge is -2.17. The van der Waals surface area contributed by atoms with E-state index in [1.54, 1.807) is 9.25 Å². The lowest BCUT2D eigenvalue weighted by molar-refractivity contribution is 0.432. The Morgan fingerprint density at radius 3 is 2.53 bits per heavy atom. The van der Waals surface area contributed by atoms with E-state index in [4.69, 9.17) is 10.8 Å². The fourth-order valence-electron chi connectivity index (χ4n) is 4.94. The third-order valence-corrected chi connectivity index (χ3v) is 6.78. The predicted octanol–water partition coefficient (Wildman–Crippen LogP) is 4.89. The Bertz CT molecular complexity index is 1940. The van der Waals surface area contributed by atoms with Crippen molar-refractivity contribution >= 4 is 27.6 Å². The molecule has 0 bridgehead atoms. The van der Waals surface area contributed by atoms with Crippen LogP contribution in [0.4, 0.5) is 10.2 Å². The maximum absolute atomic E-state index is 14.0. The van der Waals surface area contributed by atoms with Crippen molar-refractivity contribution < 1.29 is 9.50 Å². The summed E-state index contributed by atoms with van der Waals surface area (Å²) < 4.78 is 17.1. The zero-order valence-electron chi connectivity index (χ0n) is 20.7. The van der Waals surface area contributed by atoms with Gasteiger partial charge in [-0.1, -0.05) is 36.4 Å². The minimum absolute atomic E-state index is 0.126. The quantitative estimate of drug-likeness (QED) is 0.352. The van der Waals surface area contributed by atoms with Gasteiger partial charge in [0.25, 0.3) is 5.56 Å². The molecule has 38 heavy (non-hydrogen) atoms. The van der Waals surface area contributed by atoms with E-state index in [9.17, 15) is 14.3 Å². The van der Waals surface area contributed by atoms with Gasteiger partial charge in [-0.05, 0) is 60.7 Å². The van der Waals surface area contributed by atoms with Gasteiger partial charge in [0.15, 0.2) is 17.2 Å². The highest BCUT2D eigenvalue weighted by molar-refractivity contribution is 5.98. The number of nitrogen functional groups attached to an aromatic ring is 1. The van der Waals surface area contributed by atoms with Crippen molar-refractivity contribution in [1.82, 2.24) is 24.3 Å². The minimum Gasteiger partial charge on any atom is -0.505 e. The van der Waals surface area contributed by atoms with Gasteiger partial charge >= 0.3 is 0 Å². The summed E-state index contributed by atoms with van der Waals surface area (Å²) >= 11 is 0. The summed E-state index contributed by atoms with van der Waals surface area (Å²) in [4.78, 5) is 22.5. The van der Waals surface area contributed by atoms with E-state index in [1.165, 1.54) is 18.5 Å². The standard InChI is InChI=1S/C29H23FN6O2/c1-16-6-3-4-9-22(16)36-20(12-18-8-5-7-17(2)24(18)29(36)38)14-35-28-25(27(31)32-15-33-28)26(34-35)19-10-11-21(30)23(37)13-19/h3-13,15,37H,14H2,1-2H3,(H2,31,32,33). The number of hydrogen-bond donors (Lipinski definition) is 2. The summed E-state index contributed by atoms with van der Waals surface area (Å²) in [7, 11) is 0. The average Bonchev–Trinajstić information content (AvgIpc) is 3.26. The SMILES string of the molecule is Cc1ccccc1-n1c(Cn2nc(-c3ccc(F)c(O)c3)c3c(N)ncnc32)cc2cccc(C)c2c1=O. The van der Waals surface area contributed by atoms with Crippen molar-refractivity contribution in [2.24, 2.45) is 0 Å². The van der Waals surface area contributed by atoms with Gasteiger partial charge in [-0.2, -0.15) is 5.10 Å². The average molecular weight is 507 g/mol. The van der Waals surface area contributed by atoms with Gasteiger partial charge in [0.2, 0.25) is 0 Å². The number of aromatic nitrogens is 5. The van der Waals surface area contributed by atoms with Crippen LogP contribution in [0.25, 0.3) is 38.8 Å². The van der Waals surface area contributed by atoms with E-state index in [-0.39, 0.29) is 17.9 Å². The molecule has 3 aromatic heterocycles. The zero-order chi connectivity index (χ0) is 26.6. The number of benzene rings is 3. The molecule has 0 unspecified atom stereocenters. The number of pyridine rings is 1. The summed E-state index contributed by atoms with van der Waals surface area (Å²) in [6.07, 6.45) is 1.35. The second-order valence-corrected chi connectivity index (χ2v) is 9.23. The van der Waals surface area contributed by atoms with Crippen LogP contribution in [-0.4, -0.2) is 29.4 Å². The molecule has 0 aliphatic carbocycles. The molecule has 0 aliphatic rings. The van der Waals surface area contributed by atoms with Crippen molar-refractivity contribution in [2.45, 2.75) is 20.4 Å². The van der Waals surface area contributed by atoms with Crippen molar-refractivity contribution in [3.8, 4) is 22.7 Å². The van der Waals surface area contributed by atoms with Crippen molar-refractivity contribution in [3.05, 3.63) is 106 Å². The molecule has 0 atom stereocenters. The molecular formula is C29H23FN6O2. The molecule has 0 aliphatic heterocycles. The monoisotopic (exact) mass is 506 g/mol. The number of fused-ring (bicyclic) bond motifs is 2. The summed E-state index contributed by atoms with van der Waals surface area (Å²) in [6, 6.07) is 19.4. The molecule has 0 fully saturated rings. The van der Waals surface area contributed by atoms with E-state index < -0.39 is 11.6 Å². The third-order valence-electron chi connectivity index (χ3n) is 6.78. The molecule has 3 heterocycles. The molecule has 0 amide bonds. The number of anilines is 1. The van der Waals surface area contributed by atoms with Crippen LogP contribution in [0.5, 0.6) is 5.75 Å². The highest BCUT2D eigenvalue weighted by Gasteiger charge is 2.21. The van der Waals surface area contributed by atoms with Crippen LogP contribution < -0.4 is 11.3 Å². The molecule has 3 N–H and O–H groups in total. The summed E-state index contributed by atoms with van der Waals surface area (Å²) in [5.74, 6) is -1.04. The number of phenolic OH excluding ortho intramolecular Hbond substituents is 1. The maximum Gasteiger partial charge on any atom is 0.263 e. The molecule has 9 heteroatoms. The first kappa shape index (κ1) is 23.4. The normalized spacial score (nSPS) is 11.4. The summed E-state index contributed by atoms with van der Waals surface area (Å²) in [5, 5.41) is 16.7. The fourth-order valence-corrected chi connectivity index (χ4v) is 4.94. The molecule has 0 saturated heterocycles. The Balaban J connectivity index is 1.62. The Hall–Kier alpha value is -5.05. The van der Waals surface area contributed by atoms with Gasteiger partial charge in [-0.3, -0.25) is 9.36 Å². The largest absolute Gasteiger partial charge is 0.505 e. The van der Waals surface area contributed by atoms with Crippen LogP contribution in [0.3, 0.4) is 0 Å². The molecule has 188 valence electrons. The number of nitrogens with zero attached hydrogens (tertiary/aromatic N) is 5. The van der Waals surface area contributed by atoms with Crippen molar-refractivity contribution in [3.63, 3.8) is 0 Å². The Morgan fingerprint density at radius 2 is 1.74 bits per heavy atom. The maximum atomic E-state index is 14.0. The van der Waals surface area contributed by atoms with Gasteiger partial charge in [0.05, 0.1) is 23.0 Å². The molecule has 0 spiro atoms. The highest BCUT2D eigenvalue weighted by atomic mass is 19.1. The number of aryl methyl sites for hydroxylation is 2. The summed E-state index contributed by atoms with van der Waals surface area (Å²) in [5.41, 5.74) is 10.7. The number of phenols is 1. The van der Waals surface area contributed by atoms with E-state index in [2.05, 4.69) is 9.97 Å². The van der Waals surface area contributed by atoms with E-state index in [1.807, 2.05) is 62.4 Å². The number of hydrogen-bond acceptors (Lipinski definition) is 6.